The van der Waals surface area contributed by atoms with Crippen molar-refractivity contribution in [3.8, 4) is 33.8 Å². The van der Waals surface area contributed by atoms with Crippen molar-refractivity contribution in [2.45, 2.75) is 0 Å². The third-order valence-electron chi connectivity index (χ3n) is 7.72. The molecule has 6 aromatic carbocycles. The summed E-state index contributed by atoms with van der Waals surface area (Å²) in [6, 6.07) is 46.0. The van der Waals surface area contributed by atoms with Crippen LogP contribution in [0.4, 0.5) is 0 Å². The average molecular weight is 527 g/mol. The molecular formula is C36H24BN2O2. The average Bonchev–Trinajstić information content (AvgIpc) is 3.59. The molecule has 2 heterocycles. The van der Waals surface area contributed by atoms with Gasteiger partial charge in [-0.25, -0.2) is 0 Å². The molecule has 0 amide bonds. The van der Waals surface area contributed by atoms with Crippen LogP contribution < -0.4 is 9.31 Å². The van der Waals surface area contributed by atoms with E-state index in [2.05, 4.69) is 107 Å². The lowest BCUT2D eigenvalue weighted by atomic mass is 10.0. The summed E-state index contributed by atoms with van der Waals surface area (Å²) >= 11 is 0. The maximum absolute atomic E-state index is 5.94. The van der Waals surface area contributed by atoms with E-state index in [1.807, 2.05) is 36.4 Å². The lowest BCUT2D eigenvalue weighted by Gasteiger charge is -2.07. The molecule has 0 saturated heterocycles. The Balaban J connectivity index is 1.05. The number of fused-ring (bicyclic) bond motifs is 6. The van der Waals surface area contributed by atoms with Crippen LogP contribution in [0.5, 0.6) is 11.5 Å². The van der Waals surface area contributed by atoms with Gasteiger partial charge < -0.3 is 19.3 Å². The molecule has 2 N–H and O–H groups in total. The summed E-state index contributed by atoms with van der Waals surface area (Å²) in [7, 11) is 1.40. The summed E-state index contributed by atoms with van der Waals surface area (Å²) in [5, 5.41) is 4.54. The van der Waals surface area contributed by atoms with Crippen molar-refractivity contribution in [3.63, 3.8) is 0 Å². The highest BCUT2D eigenvalue weighted by Crippen LogP contribution is 2.34. The van der Waals surface area contributed by atoms with Crippen LogP contribution in [0.1, 0.15) is 0 Å². The van der Waals surface area contributed by atoms with Crippen LogP contribution >= 0.6 is 0 Å². The number of nitrogens with one attached hydrogen (secondary N) is 2. The molecule has 0 aliphatic carbocycles. The Morgan fingerprint density at radius 3 is 1.20 bits per heavy atom. The Morgan fingerprint density at radius 1 is 0.366 bits per heavy atom. The quantitative estimate of drug-likeness (QED) is 0.212. The Bertz CT molecular complexity index is 2030. The molecule has 1 radical (unpaired) electrons. The summed E-state index contributed by atoms with van der Waals surface area (Å²) in [4.78, 5) is 7.02. The first-order valence-corrected chi connectivity index (χ1v) is 13.7. The molecule has 0 spiro atoms. The van der Waals surface area contributed by atoms with Gasteiger partial charge in [0.25, 0.3) is 0 Å². The van der Waals surface area contributed by atoms with Crippen molar-refractivity contribution >= 4 is 51.3 Å². The molecule has 193 valence electrons. The van der Waals surface area contributed by atoms with Crippen molar-refractivity contribution < 1.29 is 9.31 Å². The predicted octanol–water partition coefficient (Wildman–Crippen LogP) is 9.28. The number of rotatable bonds is 6. The molecule has 41 heavy (non-hydrogen) atoms. The molecular weight excluding hydrogens is 503 g/mol. The van der Waals surface area contributed by atoms with E-state index in [1.54, 1.807) is 0 Å². The molecule has 0 atom stereocenters. The lowest BCUT2D eigenvalue weighted by molar-refractivity contribution is 0.460. The largest absolute Gasteiger partial charge is 0.658 e. The van der Waals surface area contributed by atoms with Crippen LogP contribution in [0.25, 0.3) is 65.9 Å². The molecule has 8 rings (SSSR count). The Kier molecular flexibility index (Phi) is 5.52. The molecule has 5 heteroatoms. The normalized spacial score (nSPS) is 11.4. The van der Waals surface area contributed by atoms with Crippen molar-refractivity contribution in [2.24, 2.45) is 0 Å². The molecule has 4 nitrogen and oxygen atoms in total. The van der Waals surface area contributed by atoms with Gasteiger partial charge in [0, 0.05) is 43.6 Å². The highest BCUT2D eigenvalue weighted by atomic mass is 16.6. The predicted molar refractivity (Wildman–Crippen MR) is 169 cm³/mol. The minimum absolute atomic E-state index is 0.712. The third kappa shape index (κ3) is 4.28. The maximum Gasteiger partial charge on any atom is 0.658 e. The monoisotopic (exact) mass is 527 g/mol. The SMILES string of the molecule is [B](Oc1ccc2[nH]c3ccc(-c4ccccc4)cc3c2c1)Oc1ccc2[nH]c3ccc(-c4ccccc4)cc3c2c1. The van der Waals surface area contributed by atoms with Gasteiger partial charge in [-0.05, 0) is 82.9 Å². The van der Waals surface area contributed by atoms with E-state index in [0.29, 0.717) is 11.5 Å². The van der Waals surface area contributed by atoms with Crippen LogP contribution in [0.15, 0.2) is 133 Å². The lowest BCUT2D eigenvalue weighted by Crippen LogP contribution is -2.10. The molecule has 0 saturated carbocycles. The van der Waals surface area contributed by atoms with E-state index in [1.165, 1.54) is 29.9 Å². The topological polar surface area (TPSA) is 50.0 Å². The Labute approximate surface area is 237 Å². The van der Waals surface area contributed by atoms with E-state index in [0.717, 1.165) is 43.6 Å². The van der Waals surface area contributed by atoms with Gasteiger partial charge in [0.2, 0.25) is 0 Å². The van der Waals surface area contributed by atoms with Gasteiger partial charge in [-0.2, -0.15) is 0 Å². The summed E-state index contributed by atoms with van der Waals surface area (Å²) in [5.74, 6) is 1.42. The molecule has 0 unspecified atom stereocenters. The smallest absolute Gasteiger partial charge is 0.526 e. The number of benzene rings is 6. The number of aromatic nitrogens is 2. The van der Waals surface area contributed by atoms with Crippen LogP contribution in [0.2, 0.25) is 0 Å². The first-order chi connectivity index (χ1) is 20.3. The minimum Gasteiger partial charge on any atom is -0.526 e. The maximum atomic E-state index is 5.94. The summed E-state index contributed by atoms with van der Waals surface area (Å²) in [5.41, 5.74) is 9.09. The standard InChI is InChI=1S/C36H24BN2O2/c1-3-7-23(8-4-1)25-11-15-33-29(19-25)31-21-27(13-17-35(31)38-33)40-37-41-28-14-18-36-32(22-28)30-20-26(12-16-34(30)39-36)24-9-5-2-6-10-24/h1-22,38-39H. The molecule has 8 aromatic rings. The van der Waals surface area contributed by atoms with Crippen molar-refractivity contribution in [2.75, 3.05) is 0 Å². The zero-order valence-corrected chi connectivity index (χ0v) is 22.1. The second kappa shape index (κ2) is 9.65. The van der Waals surface area contributed by atoms with Crippen molar-refractivity contribution in [1.82, 2.24) is 9.97 Å². The summed E-state index contributed by atoms with van der Waals surface area (Å²) in [6.07, 6.45) is 0. The fraction of sp³-hybridized carbons (Fsp3) is 0. The van der Waals surface area contributed by atoms with Gasteiger partial charge >= 0.3 is 7.69 Å². The number of hydrogen-bond acceptors (Lipinski definition) is 2. The molecule has 0 fully saturated rings. The molecule has 0 aliphatic heterocycles. The summed E-state index contributed by atoms with van der Waals surface area (Å²) < 4.78 is 11.9. The minimum atomic E-state index is 0.712. The first-order valence-electron chi connectivity index (χ1n) is 13.7. The fourth-order valence-corrected chi connectivity index (χ4v) is 5.65. The van der Waals surface area contributed by atoms with Gasteiger partial charge in [-0.3, -0.25) is 0 Å². The molecule has 0 aliphatic rings. The second-order valence-electron chi connectivity index (χ2n) is 10.2. The van der Waals surface area contributed by atoms with Gasteiger partial charge in [-0.1, -0.05) is 72.8 Å². The van der Waals surface area contributed by atoms with E-state index < -0.39 is 0 Å². The van der Waals surface area contributed by atoms with E-state index >= 15 is 0 Å². The van der Waals surface area contributed by atoms with Crippen molar-refractivity contribution in [3.05, 3.63) is 133 Å². The fourth-order valence-electron chi connectivity index (χ4n) is 5.65. The van der Waals surface area contributed by atoms with E-state index in [-0.39, 0.29) is 0 Å². The second-order valence-corrected chi connectivity index (χ2v) is 10.2. The van der Waals surface area contributed by atoms with Gasteiger partial charge in [0.15, 0.2) is 0 Å². The van der Waals surface area contributed by atoms with Crippen LogP contribution in [-0.2, 0) is 0 Å². The Morgan fingerprint density at radius 2 is 0.756 bits per heavy atom. The van der Waals surface area contributed by atoms with Crippen LogP contribution in [0.3, 0.4) is 0 Å². The summed E-state index contributed by atoms with van der Waals surface area (Å²) in [6.45, 7) is 0. The van der Waals surface area contributed by atoms with E-state index in [9.17, 15) is 0 Å². The molecule has 2 aromatic heterocycles. The van der Waals surface area contributed by atoms with Crippen LogP contribution in [0, 0.1) is 0 Å². The zero-order chi connectivity index (χ0) is 27.2. The first kappa shape index (κ1) is 23.5. The van der Waals surface area contributed by atoms with Gasteiger partial charge in [-0.15, -0.1) is 0 Å². The number of aromatic amines is 2. The van der Waals surface area contributed by atoms with Gasteiger partial charge in [0.05, 0.1) is 0 Å². The number of hydrogen-bond donors (Lipinski definition) is 2. The third-order valence-corrected chi connectivity index (χ3v) is 7.72. The Hall–Kier alpha value is -5.42. The number of H-pyrrole nitrogens is 2. The van der Waals surface area contributed by atoms with Gasteiger partial charge in [0.1, 0.15) is 11.5 Å². The zero-order valence-electron chi connectivity index (χ0n) is 22.1. The van der Waals surface area contributed by atoms with Crippen molar-refractivity contribution in [1.29, 1.82) is 0 Å². The highest BCUT2D eigenvalue weighted by molar-refractivity contribution is 6.21. The highest BCUT2D eigenvalue weighted by Gasteiger charge is 2.11. The van der Waals surface area contributed by atoms with Crippen LogP contribution in [-0.4, -0.2) is 17.7 Å². The van der Waals surface area contributed by atoms with E-state index in [4.69, 9.17) is 9.31 Å². The molecule has 0 bridgehead atoms.